The summed E-state index contributed by atoms with van der Waals surface area (Å²) in [6.45, 7) is 1.85. The first-order valence-electron chi connectivity index (χ1n) is 7.35. The number of fused-ring (bicyclic) bond motifs is 1. The number of aromatic nitrogens is 3. The highest BCUT2D eigenvalue weighted by Crippen LogP contribution is 2.30. The van der Waals surface area contributed by atoms with Gasteiger partial charge in [-0.2, -0.15) is 0 Å². The summed E-state index contributed by atoms with van der Waals surface area (Å²) >= 11 is 1.31. The third-order valence-corrected chi connectivity index (χ3v) is 4.95. The van der Waals surface area contributed by atoms with Crippen LogP contribution in [0, 0.1) is 0 Å². The molecule has 0 fully saturated rings. The Bertz CT molecular complexity index is 671. The number of benzene rings is 1. The Morgan fingerprint density at radius 1 is 1.50 bits per heavy atom. The quantitative estimate of drug-likeness (QED) is 0.662. The van der Waals surface area contributed by atoms with Crippen molar-refractivity contribution in [2.75, 3.05) is 5.84 Å². The van der Waals surface area contributed by atoms with E-state index < -0.39 is 0 Å². The second-order valence-electron chi connectivity index (χ2n) is 5.43. The fraction of sp³-hybridized carbons (Fsp3) is 0.400. The summed E-state index contributed by atoms with van der Waals surface area (Å²) in [7, 11) is 0. The molecule has 22 heavy (non-hydrogen) atoms. The summed E-state index contributed by atoms with van der Waals surface area (Å²) in [5.41, 5.74) is 2.57. The van der Waals surface area contributed by atoms with Crippen LogP contribution in [0.4, 0.5) is 0 Å². The minimum absolute atomic E-state index is 0.00490. The van der Waals surface area contributed by atoms with Crippen LogP contribution >= 0.6 is 11.8 Å². The van der Waals surface area contributed by atoms with Crippen LogP contribution in [0.2, 0.25) is 0 Å². The molecule has 0 bridgehead atoms. The molecule has 0 radical (unpaired) electrons. The largest absolute Gasteiger partial charge is 0.348 e. The van der Waals surface area contributed by atoms with Gasteiger partial charge in [0, 0.05) is 0 Å². The number of nitrogens with two attached hydrogens (primary N) is 1. The maximum Gasteiger partial charge on any atom is 0.233 e. The van der Waals surface area contributed by atoms with Crippen molar-refractivity contribution in [2.45, 2.75) is 42.6 Å². The highest BCUT2D eigenvalue weighted by atomic mass is 32.2. The molecule has 1 amide bonds. The molecule has 2 aromatic rings. The normalized spacial score (nSPS) is 18.5. The maximum absolute atomic E-state index is 12.4. The van der Waals surface area contributed by atoms with Gasteiger partial charge in [-0.3, -0.25) is 4.79 Å². The zero-order valence-electron chi connectivity index (χ0n) is 12.4. The maximum atomic E-state index is 12.4. The number of thioether (sulfide) groups is 1. The molecule has 2 atom stereocenters. The molecule has 1 aliphatic carbocycles. The van der Waals surface area contributed by atoms with E-state index in [1.165, 1.54) is 33.9 Å². The van der Waals surface area contributed by atoms with E-state index in [4.69, 9.17) is 5.84 Å². The van der Waals surface area contributed by atoms with E-state index in [-0.39, 0.29) is 17.2 Å². The van der Waals surface area contributed by atoms with Crippen molar-refractivity contribution in [3.05, 3.63) is 41.7 Å². The molecular formula is C15H19N5OS. The zero-order valence-corrected chi connectivity index (χ0v) is 13.2. The molecule has 0 aliphatic heterocycles. The molecule has 1 heterocycles. The Kier molecular flexibility index (Phi) is 4.33. The molecule has 6 nitrogen and oxygen atoms in total. The van der Waals surface area contributed by atoms with E-state index in [0.29, 0.717) is 5.16 Å². The highest BCUT2D eigenvalue weighted by Gasteiger charge is 2.24. The summed E-state index contributed by atoms with van der Waals surface area (Å²) < 4.78 is 1.32. The molecule has 1 aromatic heterocycles. The van der Waals surface area contributed by atoms with Gasteiger partial charge < -0.3 is 11.2 Å². The molecule has 0 spiro atoms. The van der Waals surface area contributed by atoms with Crippen molar-refractivity contribution < 1.29 is 4.79 Å². The standard InChI is InChI=1S/C15H19N5OS/c1-10(22-15-19-17-9-20(15)16)14(21)18-13-8-4-6-11-5-2-3-7-12(11)13/h2-3,5,7,9-10,13H,4,6,8,16H2,1H3,(H,18,21)/t10-,13-/m1/s1. The third kappa shape index (κ3) is 3.09. The topological polar surface area (TPSA) is 85.8 Å². The van der Waals surface area contributed by atoms with Crippen LogP contribution in [0.1, 0.15) is 36.9 Å². The first kappa shape index (κ1) is 14.9. The van der Waals surface area contributed by atoms with Crippen LogP contribution in [-0.4, -0.2) is 26.0 Å². The predicted molar refractivity (Wildman–Crippen MR) is 85.8 cm³/mol. The monoisotopic (exact) mass is 317 g/mol. The summed E-state index contributed by atoms with van der Waals surface area (Å²) in [4.78, 5) is 12.4. The first-order chi connectivity index (χ1) is 10.6. The number of aryl methyl sites for hydroxylation is 1. The van der Waals surface area contributed by atoms with Gasteiger partial charge in [-0.15, -0.1) is 10.2 Å². The highest BCUT2D eigenvalue weighted by molar-refractivity contribution is 8.00. The van der Waals surface area contributed by atoms with Crippen LogP contribution in [0.15, 0.2) is 35.7 Å². The number of carbonyl (C=O) groups excluding carboxylic acids is 1. The zero-order chi connectivity index (χ0) is 15.5. The fourth-order valence-corrected chi connectivity index (χ4v) is 3.48. The third-order valence-electron chi connectivity index (χ3n) is 3.88. The summed E-state index contributed by atoms with van der Waals surface area (Å²) in [6, 6.07) is 8.42. The van der Waals surface area contributed by atoms with Crippen molar-refractivity contribution in [3.8, 4) is 0 Å². The van der Waals surface area contributed by atoms with Crippen molar-refractivity contribution in [2.24, 2.45) is 0 Å². The number of carbonyl (C=O) groups is 1. The molecular weight excluding hydrogens is 298 g/mol. The van der Waals surface area contributed by atoms with Crippen molar-refractivity contribution in [3.63, 3.8) is 0 Å². The van der Waals surface area contributed by atoms with Crippen molar-refractivity contribution in [1.29, 1.82) is 0 Å². The van der Waals surface area contributed by atoms with E-state index >= 15 is 0 Å². The van der Waals surface area contributed by atoms with Gasteiger partial charge in [0.1, 0.15) is 6.33 Å². The van der Waals surface area contributed by atoms with Crippen LogP contribution in [-0.2, 0) is 11.2 Å². The lowest BCUT2D eigenvalue weighted by Crippen LogP contribution is -2.36. The van der Waals surface area contributed by atoms with E-state index in [1.54, 1.807) is 0 Å². The number of amides is 1. The van der Waals surface area contributed by atoms with Gasteiger partial charge in [0.15, 0.2) is 0 Å². The second kappa shape index (κ2) is 6.39. The smallest absolute Gasteiger partial charge is 0.233 e. The van der Waals surface area contributed by atoms with Gasteiger partial charge in [0.05, 0.1) is 11.3 Å². The van der Waals surface area contributed by atoms with Crippen molar-refractivity contribution >= 4 is 17.7 Å². The summed E-state index contributed by atoms with van der Waals surface area (Å²) in [5, 5.41) is 11.0. The van der Waals surface area contributed by atoms with Crippen molar-refractivity contribution in [1.82, 2.24) is 20.2 Å². The van der Waals surface area contributed by atoms with Crippen LogP contribution < -0.4 is 11.2 Å². The van der Waals surface area contributed by atoms with Crippen LogP contribution in [0.25, 0.3) is 0 Å². The number of hydrogen-bond donors (Lipinski definition) is 2. The number of nitrogens with one attached hydrogen (secondary N) is 1. The Morgan fingerprint density at radius 3 is 3.09 bits per heavy atom. The Labute approximate surface area is 133 Å². The van der Waals surface area contributed by atoms with Gasteiger partial charge >= 0.3 is 0 Å². The molecule has 0 unspecified atom stereocenters. The minimum atomic E-state index is -0.277. The number of rotatable bonds is 4. The Morgan fingerprint density at radius 2 is 2.32 bits per heavy atom. The molecule has 0 saturated heterocycles. The molecule has 0 saturated carbocycles. The van der Waals surface area contributed by atoms with Gasteiger partial charge in [0.25, 0.3) is 0 Å². The SMILES string of the molecule is C[C@@H](Sc1nncn1N)C(=O)N[C@@H]1CCCc2ccccc21. The lowest BCUT2D eigenvalue weighted by Gasteiger charge is -2.27. The molecule has 1 aliphatic rings. The van der Waals surface area contributed by atoms with E-state index in [1.807, 2.05) is 13.0 Å². The Hall–Kier alpha value is -2.02. The number of hydrogen-bond acceptors (Lipinski definition) is 5. The van der Waals surface area contributed by atoms with Gasteiger partial charge in [-0.1, -0.05) is 36.0 Å². The molecule has 3 rings (SSSR count). The Balaban J connectivity index is 1.66. The molecule has 7 heteroatoms. The average molecular weight is 317 g/mol. The second-order valence-corrected chi connectivity index (χ2v) is 6.74. The summed E-state index contributed by atoms with van der Waals surface area (Å²) in [5.74, 6) is 5.67. The minimum Gasteiger partial charge on any atom is -0.348 e. The van der Waals surface area contributed by atoms with Gasteiger partial charge in [-0.25, -0.2) is 4.68 Å². The molecule has 3 N–H and O–H groups in total. The lowest BCUT2D eigenvalue weighted by molar-refractivity contribution is -0.121. The van der Waals surface area contributed by atoms with Gasteiger partial charge in [0.2, 0.25) is 11.1 Å². The number of nitrogen functional groups attached to an aromatic ring is 1. The van der Waals surface area contributed by atoms with E-state index in [9.17, 15) is 4.79 Å². The average Bonchev–Trinajstić information content (AvgIpc) is 2.93. The fourth-order valence-electron chi connectivity index (χ4n) is 2.72. The predicted octanol–water partition coefficient (Wildman–Crippen LogP) is 1.67. The van der Waals surface area contributed by atoms with Gasteiger partial charge in [-0.05, 0) is 37.3 Å². The molecule has 116 valence electrons. The van der Waals surface area contributed by atoms with E-state index in [2.05, 4.69) is 33.7 Å². The van der Waals surface area contributed by atoms with Crippen LogP contribution in [0.5, 0.6) is 0 Å². The van der Waals surface area contributed by atoms with Crippen LogP contribution in [0.3, 0.4) is 0 Å². The summed E-state index contributed by atoms with van der Waals surface area (Å²) in [6.07, 6.45) is 4.58. The molecule has 1 aromatic carbocycles. The first-order valence-corrected chi connectivity index (χ1v) is 8.23. The lowest BCUT2D eigenvalue weighted by atomic mass is 9.88. The number of nitrogens with zero attached hydrogens (tertiary/aromatic N) is 3. The van der Waals surface area contributed by atoms with E-state index in [0.717, 1.165) is 19.3 Å².